The van der Waals surface area contributed by atoms with Gasteiger partial charge in [-0.05, 0) is 51.3 Å². The number of aryl methyl sites for hydroxylation is 3. The molecule has 106 valence electrons. The lowest BCUT2D eigenvalue weighted by Gasteiger charge is -2.13. The van der Waals surface area contributed by atoms with Crippen molar-refractivity contribution < 1.29 is 0 Å². The zero-order chi connectivity index (χ0) is 14.7. The SMILES string of the molecule is CCNc1nc(-c2ccc(C)c(C)c2)nc(C)c1CC. The molecule has 1 aromatic carbocycles. The van der Waals surface area contributed by atoms with E-state index in [0.717, 1.165) is 35.9 Å². The fourth-order valence-electron chi connectivity index (χ4n) is 2.34. The molecule has 0 aliphatic heterocycles. The van der Waals surface area contributed by atoms with Gasteiger partial charge in [0.2, 0.25) is 0 Å². The maximum Gasteiger partial charge on any atom is 0.161 e. The molecule has 0 spiro atoms. The molecule has 0 aliphatic carbocycles. The Hall–Kier alpha value is -1.90. The molecule has 1 heterocycles. The number of nitrogens with one attached hydrogen (secondary N) is 1. The minimum Gasteiger partial charge on any atom is -0.370 e. The molecule has 0 fully saturated rings. The summed E-state index contributed by atoms with van der Waals surface area (Å²) in [6.07, 6.45) is 0.946. The van der Waals surface area contributed by atoms with Crippen LogP contribution in [0.3, 0.4) is 0 Å². The molecule has 0 amide bonds. The summed E-state index contributed by atoms with van der Waals surface area (Å²) >= 11 is 0. The van der Waals surface area contributed by atoms with E-state index in [1.165, 1.54) is 16.7 Å². The number of aromatic nitrogens is 2. The molecule has 0 bridgehead atoms. The summed E-state index contributed by atoms with van der Waals surface area (Å²) in [7, 11) is 0. The van der Waals surface area contributed by atoms with Crippen molar-refractivity contribution in [3.8, 4) is 11.4 Å². The van der Waals surface area contributed by atoms with E-state index in [2.05, 4.69) is 63.1 Å². The largest absolute Gasteiger partial charge is 0.370 e. The molecule has 1 aromatic heterocycles. The first-order valence-corrected chi connectivity index (χ1v) is 7.25. The summed E-state index contributed by atoms with van der Waals surface area (Å²) in [5.74, 6) is 1.77. The van der Waals surface area contributed by atoms with Crippen LogP contribution in [0.15, 0.2) is 18.2 Å². The summed E-state index contributed by atoms with van der Waals surface area (Å²) < 4.78 is 0. The average Bonchev–Trinajstić information content (AvgIpc) is 2.42. The Kier molecular flexibility index (Phi) is 4.38. The van der Waals surface area contributed by atoms with Crippen molar-refractivity contribution in [3.63, 3.8) is 0 Å². The second-order valence-corrected chi connectivity index (χ2v) is 5.14. The Morgan fingerprint density at radius 1 is 1.00 bits per heavy atom. The first-order chi connectivity index (χ1) is 9.56. The summed E-state index contributed by atoms with van der Waals surface area (Å²) in [6, 6.07) is 6.38. The number of anilines is 1. The summed E-state index contributed by atoms with van der Waals surface area (Å²) in [5, 5.41) is 3.35. The lowest BCUT2D eigenvalue weighted by atomic mass is 10.1. The van der Waals surface area contributed by atoms with Crippen LogP contribution in [-0.2, 0) is 6.42 Å². The van der Waals surface area contributed by atoms with Gasteiger partial charge in [-0.2, -0.15) is 0 Å². The van der Waals surface area contributed by atoms with Gasteiger partial charge in [-0.15, -0.1) is 0 Å². The third-order valence-electron chi connectivity index (χ3n) is 3.68. The van der Waals surface area contributed by atoms with Crippen molar-refractivity contribution in [2.24, 2.45) is 0 Å². The lowest BCUT2D eigenvalue weighted by Crippen LogP contribution is -2.08. The fraction of sp³-hybridized carbons (Fsp3) is 0.412. The van der Waals surface area contributed by atoms with E-state index in [1.54, 1.807) is 0 Å². The summed E-state index contributed by atoms with van der Waals surface area (Å²) in [4.78, 5) is 9.39. The van der Waals surface area contributed by atoms with Gasteiger partial charge < -0.3 is 5.32 Å². The first kappa shape index (κ1) is 14.5. The number of nitrogens with zero attached hydrogens (tertiary/aromatic N) is 2. The van der Waals surface area contributed by atoms with Crippen LogP contribution in [0, 0.1) is 20.8 Å². The van der Waals surface area contributed by atoms with E-state index in [1.807, 2.05) is 0 Å². The second kappa shape index (κ2) is 6.04. The van der Waals surface area contributed by atoms with Crippen molar-refractivity contribution in [1.29, 1.82) is 0 Å². The quantitative estimate of drug-likeness (QED) is 0.909. The van der Waals surface area contributed by atoms with Gasteiger partial charge in [-0.3, -0.25) is 0 Å². The van der Waals surface area contributed by atoms with Gasteiger partial charge >= 0.3 is 0 Å². The topological polar surface area (TPSA) is 37.8 Å². The van der Waals surface area contributed by atoms with Gasteiger partial charge in [0.05, 0.1) is 0 Å². The predicted molar refractivity (Wildman–Crippen MR) is 85.2 cm³/mol. The molecule has 0 unspecified atom stereocenters. The van der Waals surface area contributed by atoms with E-state index in [4.69, 9.17) is 4.98 Å². The highest BCUT2D eigenvalue weighted by Gasteiger charge is 2.11. The summed E-state index contributed by atoms with van der Waals surface area (Å²) in [5.41, 5.74) is 5.92. The normalized spacial score (nSPS) is 10.7. The van der Waals surface area contributed by atoms with Gasteiger partial charge in [0.25, 0.3) is 0 Å². The van der Waals surface area contributed by atoms with E-state index >= 15 is 0 Å². The number of hydrogen-bond donors (Lipinski definition) is 1. The first-order valence-electron chi connectivity index (χ1n) is 7.25. The van der Waals surface area contributed by atoms with Crippen LogP contribution in [0.4, 0.5) is 5.82 Å². The molecule has 1 N–H and O–H groups in total. The van der Waals surface area contributed by atoms with E-state index in [9.17, 15) is 0 Å². The Morgan fingerprint density at radius 2 is 1.75 bits per heavy atom. The summed E-state index contributed by atoms with van der Waals surface area (Å²) in [6.45, 7) is 11.4. The number of benzene rings is 1. The minimum atomic E-state index is 0.804. The Bertz CT molecular complexity index is 618. The van der Waals surface area contributed by atoms with Gasteiger partial charge in [0.1, 0.15) is 5.82 Å². The van der Waals surface area contributed by atoms with Gasteiger partial charge in [-0.25, -0.2) is 9.97 Å². The highest BCUT2D eigenvalue weighted by molar-refractivity contribution is 5.61. The van der Waals surface area contributed by atoms with Crippen molar-refractivity contribution in [1.82, 2.24) is 9.97 Å². The maximum absolute atomic E-state index is 4.71. The number of rotatable bonds is 4. The molecular formula is C17H23N3. The molecular weight excluding hydrogens is 246 g/mol. The Balaban J connectivity index is 2.54. The Labute approximate surface area is 121 Å². The zero-order valence-electron chi connectivity index (χ0n) is 13.0. The van der Waals surface area contributed by atoms with E-state index in [0.29, 0.717) is 0 Å². The second-order valence-electron chi connectivity index (χ2n) is 5.14. The van der Waals surface area contributed by atoms with Crippen LogP contribution in [0.1, 0.15) is 36.2 Å². The van der Waals surface area contributed by atoms with E-state index < -0.39 is 0 Å². The van der Waals surface area contributed by atoms with Crippen LogP contribution in [0.5, 0.6) is 0 Å². The highest BCUT2D eigenvalue weighted by Crippen LogP contribution is 2.24. The molecule has 0 saturated carbocycles. The third-order valence-corrected chi connectivity index (χ3v) is 3.68. The monoisotopic (exact) mass is 269 g/mol. The third kappa shape index (κ3) is 2.82. The van der Waals surface area contributed by atoms with Gasteiger partial charge in [-0.1, -0.05) is 19.1 Å². The van der Waals surface area contributed by atoms with E-state index in [-0.39, 0.29) is 0 Å². The van der Waals surface area contributed by atoms with Crippen molar-refractivity contribution in [2.75, 3.05) is 11.9 Å². The van der Waals surface area contributed by atoms with Crippen LogP contribution in [0.25, 0.3) is 11.4 Å². The molecule has 0 atom stereocenters. The molecule has 20 heavy (non-hydrogen) atoms. The molecule has 3 nitrogen and oxygen atoms in total. The highest BCUT2D eigenvalue weighted by atomic mass is 15.0. The van der Waals surface area contributed by atoms with Crippen molar-refractivity contribution >= 4 is 5.82 Å². The predicted octanol–water partition coefficient (Wildman–Crippen LogP) is 4.06. The Morgan fingerprint density at radius 3 is 2.35 bits per heavy atom. The lowest BCUT2D eigenvalue weighted by molar-refractivity contribution is 0.989. The number of hydrogen-bond acceptors (Lipinski definition) is 3. The minimum absolute atomic E-state index is 0.804. The molecule has 0 saturated heterocycles. The molecule has 3 heteroatoms. The standard InChI is InChI=1S/C17H23N3/c1-6-15-13(5)19-16(20-17(15)18-7-2)14-9-8-11(3)12(4)10-14/h8-10H,6-7H2,1-5H3,(H,18,19,20). The van der Waals surface area contributed by atoms with Crippen LogP contribution in [-0.4, -0.2) is 16.5 Å². The average molecular weight is 269 g/mol. The fourth-order valence-corrected chi connectivity index (χ4v) is 2.34. The van der Waals surface area contributed by atoms with Gasteiger partial charge in [0.15, 0.2) is 5.82 Å². The van der Waals surface area contributed by atoms with Crippen molar-refractivity contribution in [2.45, 2.75) is 41.0 Å². The van der Waals surface area contributed by atoms with Crippen LogP contribution < -0.4 is 5.32 Å². The van der Waals surface area contributed by atoms with Crippen LogP contribution in [0.2, 0.25) is 0 Å². The van der Waals surface area contributed by atoms with Gasteiger partial charge in [0, 0.05) is 23.4 Å². The van der Waals surface area contributed by atoms with Crippen LogP contribution >= 0.6 is 0 Å². The smallest absolute Gasteiger partial charge is 0.161 e. The zero-order valence-corrected chi connectivity index (χ0v) is 13.0. The van der Waals surface area contributed by atoms with Crippen molar-refractivity contribution in [3.05, 3.63) is 40.6 Å². The molecule has 0 radical (unpaired) electrons. The molecule has 0 aliphatic rings. The molecule has 2 rings (SSSR count). The molecule has 2 aromatic rings. The maximum atomic E-state index is 4.71.